The van der Waals surface area contributed by atoms with Gasteiger partial charge in [-0.2, -0.15) is 0 Å². The first-order valence-corrected chi connectivity index (χ1v) is 8.38. The van der Waals surface area contributed by atoms with E-state index in [4.69, 9.17) is 0 Å². The normalized spacial score (nSPS) is 22.2. The van der Waals surface area contributed by atoms with E-state index >= 15 is 0 Å². The number of rotatable bonds is 4. The molecular weight excluding hydrogens is 264 g/mol. The first-order chi connectivity index (χ1) is 8.68. The Morgan fingerprint density at radius 3 is 2.84 bits per heavy atom. The van der Waals surface area contributed by atoms with Crippen LogP contribution in [0, 0.1) is 5.41 Å². The second kappa shape index (κ2) is 4.92. The summed E-state index contributed by atoms with van der Waals surface area (Å²) in [7, 11) is -3.14. The summed E-state index contributed by atoms with van der Waals surface area (Å²) in [5.41, 5.74) is 2.19. The molecule has 1 aliphatic rings. The Kier molecular flexibility index (Phi) is 3.77. The van der Waals surface area contributed by atoms with Crippen LogP contribution in [0.4, 0.5) is 0 Å². The molecule has 0 amide bonds. The lowest BCUT2D eigenvalue weighted by Crippen LogP contribution is -2.29. The maximum atomic E-state index is 11.0. The molecule has 0 fully saturated rings. The topological polar surface area (TPSA) is 71.3 Å². The van der Waals surface area contributed by atoms with Crippen molar-refractivity contribution in [3.8, 4) is 0 Å². The SMILES string of the molecule is CC1(C)Cc2c(ccn2CCNS(C)(=O)=O)C(O)C1. The zero-order valence-electron chi connectivity index (χ0n) is 11.7. The Morgan fingerprint density at radius 1 is 1.53 bits per heavy atom. The van der Waals surface area contributed by atoms with Crippen LogP contribution < -0.4 is 4.72 Å². The number of hydrogen-bond acceptors (Lipinski definition) is 3. The third-order valence-corrected chi connectivity index (χ3v) is 4.31. The van der Waals surface area contributed by atoms with Gasteiger partial charge in [-0.05, 0) is 24.3 Å². The molecule has 0 aliphatic heterocycles. The van der Waals surface area contributed by atoms with Gasteiger partial charge < -0.3 is 9.67 Å². The maximum absolute atomic E-state index is 11.0. The first kappa shape index (κ1) is 14.6. The highest BCUT2D eigenvalue weighted by Gasteiger charge is 2.32. The fourth-order valence-corrected chi connectivity index (χ4v) is 3.21. The van der Waals surface area contributed by atoms with Crippen molar-refractivity contribution in [1.29, 1.82) is 0 Å². The molecule has 0 saturated heterocycles. The molecule has 1 atom stereocenters. The predicted octanol–water partition coefficient (Wildman–Crippen LogP) is 1.04. The maximum Gasteiger partial charge on any atom is 0.208 e. The van der Waals surface area contributed by atoms with Crippen LogP contribution in [0.5, 0.6) is 0 Å². The van der Waals surface area contributed by atoms with Crippen molar-refractivity contribution < 1.29 is 13.5 Å². The van der Waals surface area contributed by atoms with Gasteiger partial charge in [-0.3, -0.25) is 0 Å². The minimum absolute atomic E-state index is 0.0762. The average molecular weight is 286 g/mol. The fourth-order valence-electron chi connectivity index (χ4n) is 2.75. The lowest BCUT2D eigenvalue weighted by atomic mass is 9.75. The highest BCUT2D eigenvalue weighted by Crippen LogP contribution is 2.40. The number of aliphatic hydroxyl groups is 1. The molecule has 1 heterocycles. The molecule has 1 aromatic heterocycles. The minimum Gasteiger partial charge on any atom is -0.388 e. The molecule has 0 saturated carbocycles. The Balaban J connectivity index is 2.12. The van der Waals surface area contributed by atoms with Crippen molar-refractivity contribution in [2.24, 2.45) is 5.41 Å². The van der Waals surface area contributed by atoms with Crippen molar-refractivity contribution in [1.82, 2.24) is 9.29 Å². The van der Waals surface area contributed by atoms with Crippen LogP contribution in [0.2, 0.25) is 0 Å². The summed E-state index contributed by atoms with van der Waals surface area (Å²) in [6, 6.07) is 1.94. The smallest absolute Gasteiger partial charge is 0.208 e. The molecule has 1 aromatic rings. The van der Waals surface area contributed by atoms with Gasteiger partial charge >= 0.3 is 0 Å². The Morgan fingerprint density at radius 2 is 2.21 bits per heavy atom. The number of hydrogen-bond donors (Lipinski definition) is 2. The number of nitrogens with one attached hydrogen (secondary N) is 1. The zero-order chi connectivity index (χ0) is 14.3. The van der Waals surface area contributed by atoms with Crippen molar-refractivity contribution in [2.45, 2.75) is 39.3 Å². The molecule has 2 N–H and O–H groups in total. The number of fused-ring (bicyclic) bond motifs is 1. The molecule has 2 rings (SSSR count). The molecule has 19 heavy (non-hydrogen) atoms. The van der Waals surface area contributed by atoms with Gasteiger partial charge in [0.25, 0.3) is 0 Å². The Labute approximate surface area is 114 Å². The monoisotopic (exact) mass is 286 g/mol. The van der Waals surface area contributed by atoms with Crippen LogP contribution in [0.15, 0.2) is 12.3 Å². The summed E-state index contributed by atoms with van der Waals surface area (Å²) >= 11 is 0. The fraction of sp³-hybridized carbons (Fsp3) is 0.692. The van der Waals surface area contributed by atoms with Gasteiger partial charge in [0.05, 0.1) is 12.4 Å². The van der Waals surface area contributed by atoms with Crippen molar-refractivity contribution >= 4 is 10.0 Å². The lowest BCUT2D eigenvalue weighted by molar-refractivity contribution is 0.0980. The molecule has 0 radical (unpaired) electrons. The van der Waals surface area contributed by atoms with Crippen LogP contribution in [0.3, 0.4) is 0 Å². The van der Waals surface area contributed by atoms with E-state index in [0.717, 1.165) is 30.4 Å². The molecule has 6 heteroatoms. The van der Waals surface area contributed by atoms with Gasteiger partial charge in [0.1, 0.15) is 0 Å². The van der Waals surface area contributed by atoms with Crippen molar-refractivity contribution in [2.75, 3.05) is 12.8 Å². The quantitative estimate of drug-likeness (QED) is 0.869. The molecule has 1 unspecified atom stereocenters. The molecule has 0 bridgehead atoms. The summed E-state index contributed by atoms with van der Waals surface area (Å²) in [4.78, 5) is 0. The number of aliphatic hydroxyl groups excluding tert-OH is 1. The van der Waals surface area contributed by atoms with E-state index in [2.05, 4.69) is 18.6 Å². The van der Waals surface area contributed by atoms with E-state index in [9.17, 15) is 13.5 Å². The second-order valence-electron chi connectivity index (χ2n) is 6.14. The van der Waals surface area contributed by atoms with Gasteiger partial charge in [-0.25, -0.2) is 13.1 Å². The zero-order valence-corrected chi connectivity index (χ0v) is 12.5. The molecule has 1 aliphatic carbocycles. The number of aromatic nitrogens is 1. The first-order valence-electron chi connectivity index (χ1n) is 6.49. The number of sulfonamides is 1. The van der Waals surface area contributed by atoms with Crippen LogP contribution in [-0.4, -0.2) is 30.9 Å². The summed E-state index contributed by atoms with van der Waals surface area (Å²) in [6.07, 6.45) is 4.35. The van der Waals surface area contributed by atoms with E-state index in [-0.39, 0.29) is 5.41 Å². The summed E-state index contributed by atoms with van der Waals surface area (Å²) in [5, 5.41) is 10.1. The van der Waals surface area contributed by atoms with Gasteiger partial charge in [0, 0.05) is 30.5 Å². The van der Waals surface area contributed by atoms with E-state index < -0.39 is 16.1 Å². The summed E-state index contributed by atoms with van der Waals surface area (Å²) in [5.74, 6) is 0. The van der Waals surface area contributed by atoms with E-state index in [1.165, 1.54) is 0 Å². The molecule has 0 aromatic carbocycles. The summed E-state index contributed by atoms with van der Waals surface area (Å²) in [6.45, 7) is 5.25. The molecule has 108 valence electrons. The van der Waals surface area contributed by atoms with Crippen molar-refractivity contribution in [3.05, 3.63) is 23.5 Å². The van der Waals surface area contributed by atoms with Crippen LogP contribution >= 0.6 is 0 Å². The van der Waals surface area contributed by atoms with E-state index in [1.54, 1.807) is 0 Å². The highest BCUT2D eigenvalue weighted by atomic mass is 32.2. The van der Waals surface area contributed by atoms with E-state index in [0.29, 0.717) is 13.1 Å². The molecular formula is C13H22N2O3S. The van der Waals surface area contributed by atoms with Gasteiger partial charge in [-0.1, -0.05) is 13.8 Å². The third kappa shape index (κ3) is 3.58. The second-order valence-corrected chi connectivity index (χ2v) is 7.97. The standard InChI is InChI=1S/C13H22N2O3S/c1-13(2)8-11-10(12(16)9-13)4-6-15(11)7-5-14-19(3,17)18/h4,6,12,14,16H,5,7-9H2,1-3H3. The van der Waals surface area contributed by atoms with Crippen molar-refractivity contribution in [3.63, 3.8) is 0 Å². The van der Waals surface area contributed by atoms with Crippen LogP contribution in [0.1, 0.15) is 37.6 Å². The number of nitrogens with zero attached hydrogens (tertiary/aromatic N) is 1. The summed E-state index contributed by atoms with van der Waals surface area (Å²) < 4.78 is 26.6. The Bertz CT molecular complexity index is 560. The van der Waals surface area contributed by atoms with Gasteiger partial charge in [0.2, 0.25) is 10.0 Å². The molecule has 0 spiro atoms. The average Bonchev–Trinajstić information content (AvgIpc) is 2.58. The van der Waals surface area contributed by atoms with E-state index in [1.807, 2.05) is 16.8 Å². The van der Waals surface area contributed by atoms with Gasteiger partial charge in [-0.15, -0.1) is 0 Å². The lowest BCUT2D eigenvalue weighted by Gasteiger charge is -2.34. The predicted molar refractivity (Wildman–Crippen MR) is 74.3 cm³/mol. The minimum atomic E-state index is -3.14. The highest BCUT2D eigenvalue weighted by molar-refractivity contribution is 7.88. The largest absolute Gasteiger partial charge is 0.388 e. The third-order valence-electron chi connectivity index (χ3n) is 3.58. The van der Waals surface area contributed by atoms with Crippen LogP contribution in [0.25, 0.3) is 0 Å². The Hall–Kier alpha value is -0.850. The van der Waals surface area contributed by atoms with Crippen LogP contribution in [-0.2, 0) is 23.0 Å². The molecule has 5 nitrogen and oxygen atoms in total. The van der Waals surface area contributed by atoms with Gasteiger partial charge in [0.15, 0.2) is 0 Å².